The van der Waals surface area contributed by atoms with Gasteiger partial charge in [-0.2, -0.15) is 0 Å². The molecule has 0 aliphatic heterocycles. The Morgan fingerprint density at radius 2 is 2.11 bits per heavy atom. The number of amides is 2. The molecule has 3 N–H and O–H groups in total. The summed E-state index contributed by atoms with van der Waals surface area (Å²) in [6, 6.07) is 8.87. The Labute approximate surface area is 154 Å². The maximum Gasteiger partial charge on any atom is 0.319 e. The molecule has 0 bridgehead atoms. The first-order valence-corrected chi connectivity index (χ1v) is 8.56. The Balaban J connectivity index is 1.87. The summed E-state index contributed by atoms with van der Waals surface area (Å²) in [6.07, 6.45) is 3.40. The highest BCUT2D eigenvalue weighted by Crippen LogP contribution is 2.28. The number of nitrogens with zero attached hydrogens (tertiary/aromatic N) is 3. The van der Waals surface area contributed by atoms with E-state index in [9.17, 15) is 9.59 Å². The minimum Gasteiger partial charge on any atom is -0.338 e. The summed E-state index contributed by atoms with van der Waals surface area (Å²) in [5.74, 6) is 0. The maximum absolute atomic E-state index is 12.6. The Morgan fingerprint density at radius 1 is 1.30 bits per heavy atom. The Morgan fingerprint density at radius 3 is 2.93 bits per heavy atom. The number of aromatic nitrogens is 4. The molecule has 0 aliphatic carbocycles. The molecule has 4 aromatic rings. The van der Waals surface area contributed by atoms with Crippen molar-refractivity contribution in [1.29, 1.82) is 0 Å². The van der Waals surface area contributed by atoms with Crippen LogP contribution >= 0.6 is 0 Å². The fourth-order valence-electron chi connectivity index (χ4n) is 3.07. The fourth-order valence-corrected chi connectivity index (χ4v) is 3.07. The van der Waals surface area contributed by atoms with Crippen LogP contribution in [0.15, 0.2) is 47.5 Å². The highest BCUT2D eigenvalue weighted by Gasteiger charge is 2.16. The fraction of sp³-hybridized carbons (Fsp3) is 0.158. The van der Waals surface area contributed by atoms with Crippen LogP contribution in [0.25, 0.3) is 33.3 Å². The van der Waals surface area contributed by atoms with Gasteiger partial charge < -0.3 is 20.2 Å². The minimum atomic E-state index is -0.308. The first-order chi connectivity index (χ1) is 13.1. The number of hydrogen-bond acceptors (Lipinski definition) is 4. The molecule has 1 aromatic carbocycles. The number of aryl methyl sites for hydroxylation is 1. The van der Waals surface area contributed by atoms with Gasteiger partial charge in [0, 0.05) is 30.7 Å². The van der Waals surface area contributed by atoms with Crippen molar-refractivity contribution in [2.75, 3.05) is 11.9 Å². The topological polar surface area (TPSA) is 105 Å². The number of para-hydroxylation sites is 2. The lowest BCUT2D eigenvalue weighted by molar-refractivity contribution is 0.252. The number of carbonyl (C=O) groups is 1. The summed E-state index contributed by atoms with van der Waals surface area (Å²) in [4.78, 5) is 36.2. The summed E-state index contributed by atoms with van der Waals surface area (Å²) in [5, 5.41) is 6.15. The zero-order valence-electron chi connectivity index (χ0n) is 14.9. The Bertz CT molecular complexity index is 1220. The van der Waals surface area contributed by atoms with Crippen LogP contribution in [0.2, 0.25) is 0 Å². The van der Waals surface area contributed by atoms with Crippen molar-refractivity contribution in [1.82, 2.24) is 24.8 Å². The molecule has 0 spiro atoms. The number of nitrogens with one attached hydrogen (secondary N) is 3. The molecule has 0 saturated heterocycles. The second kappa shape index (κ2) is 6.56. The number of anilines is 1. The van der Waals surface area contributed by atoms with Crippen LogP contribution in [0, 0.1) is 0 Å². The molecule has 2 amide bonds. The number of benzene rings is 1. The molecule has 136 valence electrons. The largest absolute Gasteiger partial charge is 0.338 e. The lowest BCUT2D eigenvalue weighted by Gasteiger charge is -2.06. The molecule has 0 atom stereocenters. The number of pyridine rings is 1. The first-order valence-electron chi connectivity index (χ1n) is 8.56. The van der Waals surface area contributed by atoms with Gasteiger partial charge in [0.2, 0.25) is 0 Å². The van der Waals surface area contributed by atoms with Gasteiger partial charge in [-0.3, -0.25) is 4.79 Å². The molecule has 27 heavy (non-hydrogen) atoms. The lowest BCUT2D eigenvalue weighted by Crippen LogP contribution is -2.28. The lowest BCUT2D eigenvalue weighted by atomic mass is 10.1. The maximum atomic E-state index is 12.6. The van der Waals surface area contributed by atoms with Gasteiger partial charge in [-0.15, -0.1) is 0 Å². The Kier molecular flexibility index (Phi) is 4.08. The van der Waals surface area contributed by atoms with Crippen LogP contribution in [0.4, 0.5) is 10.5 Å². The number of rotatable bonds is 3. The predicted molar refractivity (Wildman–Crippen MR) is 105 cm³/mol. The van der Waals surface area contributed by atoms with Gasteiger partial charge in [0.25, 0.3) is 5.56 Å². The van der Waals surface area contributed by atoms with Crippen molar-refractivity contribution in [2.45, 2.75) is 6.92 Å². The summed E-state index contributed by atoms with van der Waals surface area (Å²) in [6.45, 7) is 2.36. The SMILES string of the molecule is CCNC(=O)Nc1cnc2c(c1)c(-c1nc3ccccc3[nH]c1=O)cn2C. The van der Waals surface area contributed by atoms with Crippen molar-refractivity contribution < 1.29 is 4.79 Å². The second-order valence-corrected chi connectivity index (χ2v) is 6.16. The number of urea groups is 1. The average molecular weight is 362 g/mol. The van der Waals surface area contributed by atoms with E-state index in [4.69, 9.17) is 0 Å². The summed E-state index contributed by atoms with van der Waals surface area (Å²) >= 11 is 0. The third-order valence-corrected chi connectivity index (χ3v) is 4.26. The van der Waals surface area contributed by atoms with E-state index < -0.39 is 0 Å². The third kappa shape index (κ3) is 3.01. The van der Waals surface area contributed by atoms with E-state index >= 15 is 0 Å². The standard InChI is InChI=1S/C19H18N6O2/c1-3-20-19(27)22-11-8-12-13(10-25(2)17(12)21-9-11)16-18(26)24-15-7-5-4-6-14(15)23-16/h4-10H,3H2,1-2H3,(H,24,26)(H2,20,22,27). The van der Waals surface area contributed by atoms with E-state index in [1.165, 1.54) is 0 Å². The van der Waals surface area contributed by atoms with Crippen LogP contribution in [0.5, 0.6) is 0 Å². The van der Waals surface area contributed by atoms with Crippen molar-refractivity contribution >= 4 is 33.8 Å². The number of hydrogen-bond donors (Lipinski definition) is 3. The van der Waals surface area contributed by atoms with E-state index in [0.717, 1.165) is 5.39 Å². The first kappa shape index (κ1) is 16.8. The smallest absolute Gasteiger partial charge is 0.319 e. The Hall–Kier alpha value is -3.68. The molecular formula is C19H18N6O2. The van der Waals surface area contributed by atoms with Crippen LogP contribution in [-0.2, 0) is 7.05 Å². The highest BCUT2D eigenvalue weighted by molar-refractivity contribution is 5.98. The van der Waals surface area contributed by atoms with Crippen LogP contribution in [-0.4, -0.2) is 32.1 Å². The second-order valence-electron chi connectivity index (χ2n) is 6.16. The zero-order valence-corrected chi connectivity index (χ0v) is 14.9. The molecule has 4 rings (SSSR count). The normalized spacial score (nSPS) is 11.0. The van der Waals surface area contributed by atoms with Gasteiger partial charge in [0.15, 0.2) is 0 Å². The van der Waals surface area contributed by atoms with Gasteiger partial charge in [-0.25, -0.2) is 14.8 Å². The quantitative estimate of drug-likeness (QED) is 0.521. The molecule has 0 saturated carbocycles. The highest BCUT2D eigenvalue weighted by atomic mass is 16.2. The number of H-pyrrole nitrogens is 1. The molecule has 8 nitrogen and oxygen atoms in total. The van der Waals surface area contributed by atoms with E-state index in [1.54, 1.807) is 12.3 Å². The van der Waals surface area contributed by atoms with E-state index in [0.29, 0.717) is 40.2 Å². The van der Waals surface area contributed by atoms with Crippen molar-refractivity contribution in [2.24, 2.45) is 7.05 Å². The zero-order chi connectivity index (χ0) is 19.0. The van der Waals surface area contributed by atoms with Gasteiger partial charge in [-0.1, -0.05) is 12.1 Å². The van der Waals surface area contributed by atoms with Crippen molar-refractivity contribution in [3.63, 3.8) is 0 Å². The number of carbonyl (C=O) groups excluding carboxylic acids is 1. The van der Waals surface area contributed by atoms with Crippen LogP contribution in [0.3, 0.4) is 0 Å². The van der Waals surface area contributed by atoms with Crippen molar-refractivity contribution in [3.05, 3.63) is 53.1 Å². The van der Waals surface area contributed by atoms with Crippen LogP contribution in [0.1, 0.15) is 6.92 Å². The van der Waals surface area contributed by atoms with E-state index in [2.05, 4.69) is 25.6 Å². The van der Waals surface area contributed by atoms with Crippen molar-refractivity contribution in [3.8, 4) is 11.3 Å². The molecule has 8 heteroatoms. The van der Waals surface area contributed by atoms with Gasteiger partial charge in [-0.05, 0) is 25.1 Å². The molecule has 0 aliphatic rings. The number of fused-ring (bicyclic) bond motifs is 2. The molecular weight excluding hydrogens is 344 g/mol. The average Bonchev–Trinajstić information content (AvgIpc) is 2.97. The molecule has 0 radical (unpaired) electrons. The molecule has 3 heterocycles. The predicted octanol–water partition coefficient (Wildman–Crippen LogP) is 2.62. The third-order valence-electron chi connectivity index (χ3n) is 4.26. The molecule has 0 unspecified atom stereocenters. The summed E-state index contributed by atoms with van der Waals surface area (Å²) in [5.41, 5.74) is 3.32. The van der Waals surface area contributed by atoms with E-state index in [1.807, 2.05) is 49.0 Å². The molecule has 3 aromatic heterocycles. The van der Waals surface area contributed by atoms with Gasteiger partial charge in [0.1, 0.15) is 11.3 Å². The monoisotopic (exact) mass is 362 g/mol. The summed E-state index contributed by atoms with van der Waals surface area (Å²) < 4.78 is 1.83. The number of aromatic amines is 1. The minimum absolute atomic E-state index is 0.275. The van der Waals surface area contributed by atoms with Gasteiger partial charge in [0.05, 0.1) is 22.9 Å². The van der Waals surface area contributed by atoms with Crippen LogP contribution < -0.4 is 16.2 Å². The molecule has 0 fully saturated rings. The van der Waals surface area contributed by atoms with Gasteiger partial charge >= 0.3 is 6.03 Å². The summed E-state index contributed by atoms with van der Waals surface area (Å²) in [7, 11) is 1.85. The van der Waals surface area contributed by atoms with E-state index in [-0.39, 0.29) is 11.6 Å².